The summed E-state index contributed by atoms with van der Waals surface area (Å²) in [5.74, 6) is -1.44. The first-order valence-corrected chi connectivity index (χ1v) is 9.84. The highest BCUT2D eigenvalue weighted by Gasteiger charge is 2.17. The summed E-state index contributed by atoms with van der Waals surface area (Å²) in [6, 6.07) is 7.42. The number of amides is 2. The summed E-state index contributed by atoms with van der Waals surface area (Å²) < 4.78 is 0. The molecule has 0 bridgehead atoms. The number of carbonyl (C=O) groups excluding carboxylic acids is 2. The molecule has 0 saturated carbocycles. The SMILES string of the molecule is O=C(Cc1nnc(NC(=O)c2ccc([N+](=O)[O-])c(Cl)c2)s1)N/N=C\c1ccc(O)cc1O. The van der Waals surface area contributed by atoms with Gasteiger partial charge in [-0.2, -0.15) is 5.10 Å². The Morgan fingerprint density at radius 1 is 1.22 bits per heavy atom. The van der Waals surface area contributed by atoms with E-state index < -0.39 is 16.7 Å². The average Bonchev–Trinajstić information content (AvgIpc) is 3.15. The number of nitrogens with zero attached hydrogens (tertiary/aromatic N) is 4. The van der Waals surface area contributed by atoms with Gasteiger partial charge in [-0.3, -0.25) is 25.0 Å². The van der Waals surface area contributed by atoms with E-state index in [4.69, 9.17) is 11.6 Å². The van der Waals surface area contributed by atoms with Gasteiger partial charge in [-0.25, -0.2) is 5.43 Å². The van der Waals surface area contributed by atoms with Crippen LogP contribution in [0.5, 0.6) is 11.5 Å². The smallest absolute Gasteiger partial charge is 0.287 e. The normalized spacial score (nSPS) is 10.8. The number of aromatic hydroxyl groups is 2. The maximum Gasteiger partial charge on any atom is 0.287 e. The number of hydrazone groups is 1. The van der Waals surface area contributed by atoms with Gasteiger partial charge >= 0.3 is 0 Å². The van der Waals surface area contributed by atoms with Gasteiger partial charge in [0.05, 0.1) is 17.6 Å². The lowest BCUT2D eigenvalue weighted by Crippen LogP contribution is -2.19. The number of hydrogen-bond donors (Lipinski definition) is 4. The van der Waals surface area contributed by atoms with E-state index >= 15 is 0 Å². The van der Waals surface area contributed by atoms with E-state index in [0.29, 0.717) is 5.01 Å². The van der Waals surface area contributed by atoms with Gasteiger partial charge in [0.15, 0.2) is 0 Å². The zero-order valence-corrected chi connectivity index (χ0v) is 17.4. The molecule has 0 saturated heterocycles. The fourth-order valence-electron chi connectivity index (χ4n) is 2.33. The van der Waals surface area contributed by atoms with E-state index in [0.717, 1.165) is 29.5 Å². The number of nitrogens with one attached hydrogen (secondary N) is 2. The largest absolute Gasteiger partial charge is 0.508 e. The van der Waals surface area contributed by atoms with Crippen LogP contribution in [0.4, 0.5) is 10.8 Å². The molecular weight excluding hydrogens is 464 g/mol. The fraction of sp³-hybridized carbons (Fsp3) is 0.0556. The van der Waals surface area contributed by atoms with Crippen LogP contribution in [0.25, 0.3) is 0 Å². The summed E-state index contributed by atoms with van der Waals surface area (Å²) in [4.78, 5) is 34.4. The van der Waals surface area contributed by atoms with Crippen molar-refractivity contribution in [1.82, 2.24) is 15.6 Å². The van der Waals surface area contributed by atoms with Crippen molar-refractivity contribution in [2.75, 3.05) is 5.32 Å². The standard InChI is InChI=1S/C18H13ClN6O6S/c19-12-5-9(2-4-13(12)25(30)31)17(29)21-18-24-23-16(32-18)7-15(28)22-20-8-10-1-3-11(26)6-14(10)27/h1-6,8,26-27H,7H2,(H,22,28)(H,21,24,29)/b20-8-. The van der Waals surface area contributed by atoms with Crippen molar-refractivity contribution in [3.05, 3.63) is 67.7 Å². The predicted molar refractivity (Wildman–Crippen MR) is 115 cm³/mol. The lowest BCUT2D eigenvalue weighted by atomic mass is 10.2. The van der Waals surface area contributed by atoms with Crippen molar-refractivity contribution < 1.29 is 24.7 Å². The average molecular weight is 477 g/mol. The Morgan fingerprint density at radius 2 is 2.00 bits per heavy atom. The molecule has 14 heteroatoms. The molecule has 2 amide bonds. The summed E-state index contributed by atoms with van der Waals surface area (Å²) >= 11 is 6.76. The molecule has 0 fully saturated rings. The van der Waals surface area contributed by atoms with Crippen LogP contribution in [0.1, 0.15) is 20.9 Å². The summed E-state index contributed by atoms with van der Waals surface area (Å²) in [6.45, 7) is 0. The third-order valence-corrected chi connectivity index (χ3v) is 4.95. The Morgan fingerprint density at radius 3 is 2.69 bits per heavy atom. The van der Waals surface area contributed by atoms with Crippen molar-refractivity contribution in [2.45, 2.75) is 6.42 Å². The predicted octanol–water partition coefficient (Wildman–Crippen LogP) is 2.46. The van der Waals surface area contributed by atoms with E-state index in [9.17, 15) is 29.9 Å². The van der Waals surface area contributed by atoms with Crippen LogP contribution in [0.3, 0.4) is 0 Å². The van der Waals surface area contributed by atoms with Gasteiger partial charge in [0, 0.05) is 23.3 Å². The highest BCUT2D eigenvalue weighted by atomic mass is 35.5. The number of carbonyl (C=O) groups is 2. The molecule has 0 aliphatic rings. The molecule has 2 aromatic carbocycles. The molecule has 1 heterocycles. The summed E-state index contributed by atoms with van der Waals surface area (Å²) in [5.41, 5.74) is 2.31. The van der Waals surface area contributed by atoms with Gasteiger partial charge in [0.1, 0.15) is 21.5 Å². The molecule has 3 aromatic rings. The molecular formula is C18H13ClN6O6S. The van der Waals surface area contributed by atoms with Gasteiger partial charge in [0.2, 0.25) is 11.0 Å². The maximum atomic E-state index is 12.3. The summed E-state index contributed by atoms with van der Waals surface area (Å²) in [7, 11) is 0. The number of rotatable bonds is 7. The molecule has 32 heavy (non-hydrogen) atoms. The van der Waals surface area contributed by atoms with Crippen LogP contribution in [0, 0.1) is 10.1 Å². The maximum absolute atomic E-state index is 12.3. The molecule has 164 valence electrons. The fourth-order valence-corrected chi connectivity index (χ4v) is 3.32. The van der Waals surface area contributed by atoms with Gasteiger partial charge in [-0.1, -0.05) is 22.9 Å². The number of nitro benzene ring substituents is 1. The monoisotopic (exact) mass is 476 g/mol. The third-order valence-electron chi connectivity index (χ3n) is 3.81. The van der Waals surface area contributed by atoms with Crippen molar-refractivity contribution in [3.8, 4) is 11.5 Å². The molecule has 0 radical (unpaired) electrons. The van der Waals surface area contributed by atoms with E-state index in [1.54, 1.807) is 0 Å². The van der Waals surface area contributed by atoms with Crippen molar-refractivity contribution in [3.63, 3.8) is 0 Å². The Kier molecular flexibility index (Phi) is 6.92. The molecule has 12 nitrogen and oxygen atoms in total. The number of nitro groups is 1. The number of phenols is 2. The Labute approximate surface area is 188 Å². The number of aromatic nitrogens is 2. The van der Waals surface area contributed by atoms with Crippen LogP contribution in [0.15, 0.2) is 41.5 Å². The minimum atomic E-state index is -0.663. The van der Waals surface area contributed by atoms with Crippen LogP contribution < -0.4 is 10.7 Å². The van der Waals surface area contributed by atoms with E-state index in [-0.39, 0.29) is 44.9 Å². The molecule has 0 aliphatic carbocycles. The molecule has 3 rings (SSSR count). The van der Waals surface area contributed by atoms with Crippen LogP contribution in [0.2, 0.25) is 5.02 Å². The van der Waals surface area contributed by atoms with E-state index in [1.165, 1.54) is 24.4 Å². The highest BCUT2D eigenvalue weighted by molar-refractivity contribution is 7.15. The van der Waals surface area contributed by atoms with E-state index in [1.807, 2.05) is 0 Å². The Bertz CT molecular complexity index is 1230. The summed E-state index contributed by atoms with van der Waals surface area (Å²) in [5, 5.41) is 43.7. The molecule has 1 aromatic heterocycles. The Hall–Kier alpha value is -4.10. The first-order chi connectivity index (χ1) is 15.2. The summed E-state index contributed by atoms with van der Waals surface area (Å²) in [6.07, 6.45) is 1.03. The first-order valence-electron chi connectivity index (χ1n) is 8.64. The molecule has 0 aliphatic heterocycles. The number of hydrogen-bond acceptors (Lipinski definition) is 10. The second-order valence-corrected chi connectivity index (χ2v) is 7.56. The van der Waals surface area contributed by atoms with Gasteiger partial charge in [0.25, 0.3) is 11.6 Å². The molecule has 0 atom stereocenters. The zero-order valence-electron chi connectivity index (χ0n) is 15.9. The lowest BCUT2D eigenvalue weighted by molar-refractivity contribution is -0.384. The number of benzene rings is 2. The van der Waals surface area contributed by atoms with Crippen molar-refractivity contribution in [2.24, 2.45) is 5.10 Å². The molecule has 0 spiro atoms. The van der Waals surface area contributed by atoms with Gasteiger partial charge in [-0.15, -0.1) is 10.2 Å². The minimum absolute atomic E-state index is 0.0851. The molecule has 0 unspecified atom stereocenters. The van der Waals surface area contributed by atoms with Crippen molar-refractivity contribution >= 4 is 51.8 Å². The van der Waals surface area contributed by atoms with Gasteiger partial charge in [-0.05, 0) is 24.3 Å². The Balaban J connectivity index is 1.55. The van der Waals surface area contributed by atoms with Crippen molar-refractivity contribution in [1.29, 1.82) is 0 Å². The topological polar surface area (TPSA) is 180 Å². The minimum Gasteiger partial charge on any atom is -0.508 e. The number of halogens is 1. The first kappa shape index (κ1) is 22.6. The van der Waals surface area contributed by atoms with Crippen LogP contribution in [-0.2, 0) is 11.2 Å². The van der Waals surface area contributed by atoms with Crippen LogP contribution in [-0.4, -0.2) is 43.4 Å². The third kappa shape index (κ3) is 5.74. The number of anilines is 1. The quantitative estimate of drug-likeness (QED) is 0.228. The van der Waals surface area contributed by atoms with Gasteiger partial charge < -0.3 is 10.2 Å². The number of phenolic OH excluding ortho intramolecular Hbond substituents is 2. The van der Waals surface area contributed by atoms with Crippen LogP contribution >= 0.6 is 22.9 Å². The highest BCUT2D eigenvalue weighted by Crippen LogP contribution is 2.26. The second kappa shape index (κ2) is 9.80. The zero-order chi connectivity index (χ0) is 23.3. The molecule has 4 N–H and O–H groups in total. The second-order valence-electron chi connectivity index (χ2n) is 6.09. The lowest BCUT2D eigenvalue weighted by Gasteiger charge is -2.02. The van der Waals surface area contributed by atoms with E-state index in [2.05, 4.69) is 26.0 Å².